The van der Waals surface area contributed by atoms with E-state index < -0.39 is 23.7 Å². The minimum Gasteiger partial charge on any atom is -0.370 e. The van der Waals surface area contributed by atoms with Crippen LogP contribution in [0.25, 0.3) is 0 Å². The number of urea groups is 1. The van der Waals surface area contributed by atoms with Gasteiger partial charge in [0, 0.05) is 37.6 Å². The van der Waals surface area contributed by atoms with E-state index >= 15 is 0 Å². The number of anilines is 2. The van der Waals surface area contributed by atoms with Crippen molar-refractivity contribution in [3.63, 3.8) is 0 Å². The van der Waals surface area contributed by atoms with Gasteiger partial charge in [-0.3, -0.25) is 9.78 Å². The second kappa shape index (κ2) is 9.46. The third-order valence-electron chi connectivity index (χ3n) is 5.52. The Morgan fingerprint density at radius 3 is 2.47 bits per heavy atom. The molecule has 1 aliphatic rings. The number of carbonyl (C=O) groups is 2. The summed E-state index contributed by atoms with van der Waals surface area (Å²) in [5.74, 6) is -0.437. The largest absolute Gasteiger partial charge is 0.416 e. The molecule has 0 aliphatic carbocycles. The molecule has 1 fully saturated rings. The van der Waals surface area contributed by atoms with Gasteiger partial charge < -0.3 is 20.9 Å². The first kappa shape index (κ1) is 23.4. The predicted molar refractivity (Wildman–Crippen MR) is 115 cm³/mol. The van der Waals surface area contributed by atoms with Crippen LogP contribution in [-0.4, -0.2) is 48.0 Å². The van der Waals surface area contributed by atoms with Crippen molar-refractivity contribution in [3.05, 3.63) is 53.3 Å². The third kappa shape index (κ3) is 5.89. The van der Waals surface area contributed by atoms with Crippen LogP contribution in [0.4, 0.5) is 29.3 Å². The number of pyridine rings is 1. The highest BCUT2D eigenvalue weighted by atomic mass is 19.4. The van der Waals surface area contributed by atoms with Crippen molar-refractivity contribution in [2.24, 2.45) is 5.73 Å². The van der Waals surface area contributed by atoms with Crippen LogP contribution in [-0.2, 0) is 17.4 Å². The van der Waals surface area contributed by atoms with E-state index in [2.05, 4.69) is 15.2 Å². The third-order valence-corrected chi connectivity index (χ3v) is 5.52. The maximum Gasteiger partial charge on any atom is 0.416 e. The first-order valence-electron chi connectivity index (χ1n) is 10.2. The average molecular weight is 449 g/mol. The number of carbonyl (C=O) groups excluding carboxylic acids is 2. The van der Waals surface area contributed by atoms with Crippen molar-refractivity contribution >= 4 is 23.3 Å². The molecule has 0 radical (unpaired) electrons. The van der Waals surface area contributed by atoms with Gasteiger partial charge in [0.25, 0.3) is 0 Å². The summed E-state index contributed by atoms with van der Waals surface area (Å²) in [6.07, 6.45) is -1.28. The van der Waals surface area contributed by atoms with Gasteiger partial charge in [-0.15, -0.1) is 0 Å². The maximum atomic E-state index is 13.0. The number of piperidine rings is 1. The number of amides is 3. The number of hydrogen-bond donors (Lipinski definition) is 2. The average Bonchev–Trinajstić information content (AvgIpc) is 2.72. The van der Waals surface area contributed by atoms with Crippen LogP contribution < -0.4 is 16.0 Å². The summed E-state index contributed by atoms with van der Waals surface area (Å²) in [6.45, 7) is 2.95. The standard InChI is InChI=1S/C22H26F3N5O2/c1-14-9-15(22(23,24)25)11-17(10-14)28-21(32)29(2)18-5-7-30(8-6-18)19-4-3-16(27-13-19)12-20(26)31/h3-4,9-11,13,18H,5-8,12H2,1-2H3,(H2,26,31)(H,28,32). The van der Waals surface area contributed by atoms with E-state index in [1.807, 2.05) is 6.07 Å². The van der Waals surface area contributed by atoms with Gasteiger partial charge in [-0.25, -0.2) is 4.79 Å². The zero-order chi connectivity index (χ0) is 23.5. The fraction of sp³-hybridized carbons (Fsp3) is 0.409. The van der Waals surface area contributed by atoms with Gasteiger partial charge in [0.05, 0.1) is 23.9 Å². The molecule has 7 nitrogen and oxygen atoms in total. The molecule has 1 aliphatic heterocycles. The molecule has 1 aromatic carbocycles. The zero-order valence-corrected chi connectivity index (χ0v) is 17.9. The smallest absolute Gasteiger partial charge is 0.370 e. The highest BCUT2D eigenvalue weighted by Crippen LogP contribution is 2.32. The van der Waals surface area contributed by atoms with Crippen LogP contribution in [0.1, 0.15) is 29.7 Å². The van der Waals surface area contributed by atoms with Crippen LogP contribution in [0.2, 0.25) is 0 Å². The lowest BCUT2D eigenvalue weighted by Crippen LogP contribution is -2.47. The number of hydrogen-bond acceptors (Lipinski definition) is 4. The summed E-state index contributed by atoms with van der Waals surface area (Å²) in [6, 6.07) is 6.67. The Morgan fingerprint density at radius 1 is 1.22 bits per heavy atom. The highest BCUT2D eigenvalue weighted by Gasteiger charge is 2.31. The van der Waals surface area contributed by atoms with Gasteiger partial charge >= 0.3 is 12.2 Å². The molecular weight excluding hydrogens is 423 g/mol. The number of rotatable bonds is 5. The van der Waals surface area contributed by atoms with E-state index in [1.165, 1.54) is 6.07 Å². The fourth-order valence-corrected chi connectivity index (χ4v) is 3.79. The van der Waals surface area contributed by atoms with E-state index in [0.29, 0.717) is 37.2 Å². The van der Waals surface area contributed by atoms with Gasteiger partial charge in [0.1, 0.15) is 0 Å². The van der Waals surface area contributed by atoms with Crippen molar-refractivity contribution in [2.45, 2.75) is 38.4 Å². The lowest BCUT2D eigenvalue weighted by molar-refractivity contribution is -0.137. The molecule has 0 bridgehead atoms. The molecule has 0 atom stereocenters. The monoisotopic (exact) mass is 449 g/mol. The lowest BCUT2D eigenvalue weighted by atomic mass is 10.0. The highest BCUT2D eigenvalue weighted by molar-refractivity contribution is 5.89. The molecule has 10 heteroatoms. The number of primary amides is 1. The quantitative estimate of drug-likeness (QED) is 0.730. The summed E-state index contributed by atoms with van der Waals surface area (Å²) in [4.78, 5) is 31.6. The summed E-state index contributed by atoms with van der Waals surface area (Å²) in [7, 11) is 1.65. The zero-order valence-electron chi connectivity index (χ0n) is 17.9. The van der Waals surface area contributed by atoms with Crippen LogP contribution in [0.3, 0.4) is 0 Å². The molecule has 172 valence electrons. The van der Waals surface area contributed by atoms with E-state index in [1.54, 1.807) is 31.1 Å². The van der Waals surface area contributed by atoms with Crippen molar-refractivity contribution < 1.29 is 22.8 Å². The summed E-state index contributed by atoms with van der Waals surface area (Å²) >= 11 is 0. The summed E-state index contributed by atoms with van der Waals surface area (Å²) < 4.78 is 39.1. The number of halogens is 3. The minimum absolute atomic E-state index is 0.0414. The van der Waals surface area contributed by atoms with Gasteiger partial charge in [0.2, 0.25) is 5.91 Å². The molecular formula is C22H26F3N5O2. The molecule has 3 rings (SSSR count). The Morgan fingerprint density at radius 2 is 1.91 bits per heavy atom. The van der Waals surface area contributed by atoms with Crippen LogP contribution in [0.15, 0.2) is 36.5 Å². The molecule has 0 saturated carbocycles. The summed E-state index contributed by atoms with van der Waals surface area (Å²) in [5, 5.41) is 2.58. The number of aromatic nitrogens is 1. The second-order valence-electron chi connectivity index (χ2n) is 8.00. The number of nitrogens with two attached hydrogens (primary N) is 1. The number of benzene rings is 1. The van der Waals surface area contributed by atoms with Gasteiger partial charge in [-0.05, 0) is 55.7 Å². The first-order chi connectivity index (χ1) is 15.0. The topological polar surface area (TPSA) is 91.6 Å². The van der Waals surface area contributed by atoms with Crippen LogP contribution in [0.5, 0.6) is 0 Å². The summed E-state index contributed by atoms with van der Waals surface area (Å²) in [5.41, 5.74) is 6.45. The van der Waals surface area contributed by atoms with Crippen molar-refractivity contribution in [1.29, 1.82) is 0 Å². The molecule has 2 aromatic rings. The lowest BCUT2D eigenvalue weighted by Gasteiger charge is -2.37. The Bertz CT molecular complexity index is 971. The molecule has 3 N–H and O–H groups in total. The van der Waals surface area contributed by atoms with Gasteiger partial charge in [-0.1, -0.05) is 0 Å². The second-order valence-corrected chi connectivity index (χ2v) is 8.00. The van der Waals surface area contributed by atoms with Crippen molar-refractivity contribution in [1.82, 2.24) is 9.88 Å². The maximum absolute atomic E-state index is 13.0. The number of nitrogens with one attached hydrogen (secondary N) is 1. The number of aryl methyl sites for hydroxylation is 1. The Hall–Kier alpha value is -3.30. The molecule has 0 spiro atoms. The SMILES string of the molecule is Cc1cc(NC(=O)N(C)C2CCN(c3ccc(CC(N)=O)nc3)CC2)cc(C(F)(F)F)c1. The van der Waals surface area contributed by atoms with E-state index in [0.717, 1.165) is 17.8 Å². The van der Waals surface area contributed by atoms with Crippen LogP contribution >= 0.6 is 0 Å². The first-order valence-corrected chi connectivity index (χ1v) is 10.2. The Labute approximate surface area is 184 Å². The molecule has 3 amide bonds. The minimum atomic E-state index is -4.48. The normalized spacial score (nSPS) is 14.8. The van der Waals surface area contributed by atoms with E-state index in [-0.39, 0.29) is 18.2 Å². The Balaban J connectivity index is 1.57. The molecule has 2 heterocycles. The van der Waals surface area contributed by atoms with Gasteiger partial charge in [0.15, 0.2) is 0 Å². The molecule has 0 unspecified atom stereocenters. The molecule has 1 aromatic heterocycles. The number of nitrogens with zero attached hydrogens (tertiary/aromatic N) is 3. The van der Waals surface area contributed by atoms with E-state index in [4.69, 9.17) is 5.73 Å². The number of alkyl halides is 3. The fourth-order valence-electron chi connectivity index (χ4n) is 3.79. The molecule has 1 saturated heterocycles. The Kier molecular flexibility index (Phi) is 6.90. The molecule has 32 heavy (non-hydrogen) atoms. The van der Waals surface area contributed by atoms with E-state index in [9.17, 15) is 22.8 Å². The van der Waals surface area contributed by atoms with Crippen LogP contribution in [0, 0.1) is 6.92 Å². The predicted octanol–water partition coefficient (Wildman–Crippen LogP) is 3.57. The van der Waals surface area contributed by atoms with Crippen molar-refractivity contribution in [2.75, 3.05) is 30.4 Å². The van der Waals surface area contributed by atoms with Crippen molar-refractivity contribution in [3.8, 4) is 0 Å². The van der Waals surface area contributed by atoms with Gasteiger partial charge in [-0.2, -0.15) is 13.2 Å².